The molecular formula is C16H27NO. The average molecular weight is 249 g/mol. The summed E-state index contributed by atoms with van der Waals surface area (Å²) in [5.74, 6) is 1.14. The summed E-state index contributed by atoms with van der Waals surface area (Å²) in [5, 5.41) is 3.44. The third-order valence-corrected chi connectivity index (χ3v) is 5.51. The fourth-order valence-corrected chi connectivity index (χ4v) is 6.17. The van der Waals surface area contributed by atoms with E-state index in [1.807, 2.05) is 0 Å². The van der Waals surface area contributed by atoms with E-state index in [-0.39, 0.29) is 11.4 Å². The lowest BCUT2D eigenvalue weighted by atomic mass is 9.43. The van der Waals surface area contributed by atoms with Crippen LogP contribution in [0.25, 0.3) is 0 Å². The van der Waals surface area contributed by atoms with Crippen molar-refractivity contribution in [3.05, 3.63) is 0 Å². The molecule has 2 unspecified atom stereocenters. The molecule has 1 N–H and O–H groups in total. The van der Waals surface area contributed by atoms with Gasteiger partial charge in [0, 0.05) is 12.0 Å². The summed E-state index contributed by atoms with van der Waals surface area (Å²) in [6.07, 6.45) is 9.51. The molecule has 0 aromatic carbocycles. The van der Waals surface area contributed by atoms with Gasteiger partial charge < -0.3 is 5.32 Å². The van der Waals surface area contributed by atoms with Gasteiger partial charge >= 0.3 is 0 Å². The molecule has 102 valence electrons. The minimum Gasteiger partial charge on any atom is -0.351 e. The molecule has 4 aliphatic carbocycles. The molecule has 4 aliphatic rings. The van der Waals surface area contributed by atoms with E-state index in [4.69, 9.17) is 0 Å². The molecule has 1 amide bonds. The second-order valence-corrected chi connectivity index (χ2v) is 8.21. The Kier molecular flexibility index (Phi) is 2.60. The molecule has 0 aromatic rings. The summed E-state index contributed by atoms with van der Waals surface area (Å²) >= 11 is 0. The topological polar surface area (TPSA) is 29.1 Å². The van der Waals surface area contributed by atoms with Crippen LogP contribution in [0.15, 0.2) is 0 Å². The highest BCUT2D eigenvalue weighted by Crippen LogP contribution is 2.66. The van der Waals surface area contributed by atoms with Crippen molar-refractivity contribution in [1.29, 1.82) is 0 Å². The van der Waals surface area contributed by atoms with Crippen LogP contribution in [0, 0.1) is 16.7 Å². The zero-order valence-electron chi connectivity index (χ0n) is 12.1. The van der Waals surface area contributed by atoms with Crippen LogP contribution in [0.4, 0.5) is 0 Å². The van der Waals surface area contributed by atoms with E-state index in [1.54, 1.807) is 0 Å². The lowest BCUT2D eigenvalue weighted by Gasteiger charge is -2.65. The summed E-state index contributed by atoms with van der Waals surface area (Å²) in [5.41, 5.74) is 1.14. The first-order valence-corrected chi connectivity index (χ1v) is 7.67. The van der Waals surface area contributed by atoms with Crippen molar-refractivity contribution in [3.63, 3.8) is 0 Å². The van der Waals surface area contributed by atoms with Crippen molar-refractivity contribution in [2.75, 3.05) is 0 Å². The Hall–Kier alpha value is -0.530. The highest BCUT2D eigenvalue weighted by atomic mass is 16.1. The van der Waals surface area contributed by atoms with Gasteiger partial charge in [-0.2, -0.15) is 0 Å². The summed E-state index contributed by atoms with van der Waals surface area (Å²) in [7, 11) is 0. The Bertz CT molecular complexity index is 357. The Labute approximate surface area is 111 Å². The van der Waals surface area contributed by atoms with Crippen LogP contribution < -0.4 is 5.32 Å². The number of rotatable bonds is 3. The molecule has 4 saturated carbocycles. The highest BCUT2D eigenvalue weighted by Gasteiger charge is 2.60. The van der Waals surface area contributed by atoms with Crippen LogP contribution in [-0.2, 0) is 4.79 Å². The molecule has 0 spiro atoms. The van der Waals surface area contributed by atoms with Gasteiger partial charge in [0.25, 0.3) is 0 Å². The van der Waals surface area contributed by atoms with E-state index in [2.05, 4.69) is 26.1 Å². The van der Waals surface area contributed by atoms with E-state index >= 15 is 0 Å². The number of amides is 1. The van der Waals surface area contributed by atoms with Gasteiger partial charge in [0.2, 0.25) is 5.91 Å². The minimum absolute atomic E-state index is 0.148. The lowest BCUT2D eigenvalue weighted by Crippen LogP contribution is -2.65. The monoisotopic (exact) mass is 249 g/mol. The van der Waals surface area contributed by atoms with Crippen LogP contribution in [0.1, 0.15) is 72.1 Å². The van der Waals surface area contributed by atoms with Crippen LogP contribution in [0.2, 0.25) is 0 Å². The maximum atomic E-state index is 12.0. The third kappa shape index (κ3) is 1.98. The Morgan fingerprint density at radius 1 is 1.11 bits per heavy atom. The number of hydrogen-bond acceptors (Lipinski definition) is 1. The largest absolute Gasteiger partial charge is 0.351 e. The third-order valence-electron chi connectivity index (χ3n) is 5.51. The molecular weight excluding hydrogens is 222 g/mol. The van der Waals surface area contributed by atoms with Crippen molar-refractivity contribution in [3.8, 4) is 0 Å². The van der Waals surface area contributed by atoms with E-state index in [1.165, 1.54) is 38.5 Å². The van der Waals surface area contributed by atoms with Gasteiger partial charge in [-0.15, -0.1) is 0 Å². The fraction of sp³-hybridized carbons (Fsp3) is 0.938. The summed E-state index contributed by atoms with van der Waals surface area (Å²) in [6, 6.07) is 0. The van der Waals surface area contributed by atoms with Crippen LogP contribution in [-0.4, -0.2) is 11.4 Å². The van der Waals surface area contributed by atoms with Gasteiger partial charge in [0.1, 0.15) is 0 Å². The summed E-state index contributed by atoms with van der Waals surface area (Å²) in [4.78, 5) is 12.0. The zero-order chi connectivity index (χ0) is 13.0. The molecule has 0 radical (unpaired) electrons. The molecule has 4 fully saturated rings. The number of nitrogens with one attached hydrogen (secondary N) is 1. The molecule has 0 heterocycles. The maximum Gasteiger partial charge on any atom is 0.220 e. The van der Waals surface area contributed by atoms with Gasteiger partial charge in [-0.1, -0.05) is 20.8 Å². The molecule has 18 heavy (non-hydrogen) atoms. The van der Waals surface area contributed by atoms with Gasteiger partial charge in [-0.05, 0) is 61.7 Å². The zero-order valence-corrected chi connectivity index (χ0v) is 12.1. The van der Waals surface area contributed by atoms with Gasteiger partial charge in [-0.25, -0.2) is 0 Å². The number of carbonyl (C=O) groups is 1. The van der Waals surface area contributed by atoms with Gasteiger partial charge in [-0.3, -0.25) is 4.79 Å². The van der Waals surface area contributed by atoms with Crippen molar-refractivity contribution >= 4 is 5.91 Å². The second kappa shape index (κ2) is 3.74. The molecule has 0 aromatic heterocycles. The predicted molar refractivity (Wildman–Crippen MR) is 73.2 cm³/mol. The Morgan fingerprint density at radius 3 is 2.22 bits per heavy atom. The van der Waals surface area contributed by atoms with E-state index < -0.39 is 0 Å². The van der Waals surface area contributed by atoms with Crippen molar-refractivity contribution in [1.82, 2.24) is 5.32 Å². The second-order valence-electron chi connectivity index (χ2n) is 8.21. The summed E-state index contributed by atoms with van der Waals surface area (Å²) < 4.78 is 0. The normalized spacial score (nSPS) is 49.4. The standard InChI is InChI=1S/C16H27NO/c1-4-5-13(18)17-16-8-12-6-14(2,10-16)9-15(3,7-12)11-16/h12H,4-11H2,1-3H3,(H,17,18)/t12?,14-,15+,16?. The van der Waals surface area contributed by atoms with Crippen LogP contribution in [0.3, 0.4) is 0 Å². The molecule has 2 heteroatoms. The van der Waals surface area contributed by atoms with Crippen LogP contribution in [0.5, 0.6) is 0 Å². The first-order valence-electron chi connectivity index (χ1n) is 7.67. The van der Waals surface area contributed by atoms with E-state index in [0.29, 0.717) is 17.3 Å². The van der Waals surface area contributed by atoms with Crippen molar-refractivity contribution in [2.45, 2.75) is 77.7 Å². The molecule has 4 bridgehead atoms. The quantitative estimate of drug-likeness (QED) is 0.812. The number of hydrogen-bond donors (Lipinski definition) is 1. The molecule has 4 atom stereocenters. The average Bonchev–Trinajstić information content (AvgIpc) is 2.09. The molecule has 0 saturated heterocycles. The van der Waals surface area contributed by atoms with Crippen molar-refractivity contribution in [2.24, 2.45) is 16.7 Å². The Morgan fingerprint density at radius 2 is 1.72 bits per heavy atom. The maximum absolute atomic E-state index is 12.0. The highest BCUT2D eigenvalue weighted by molar-refractivity contribution is 5.76. The molecule has 0 aliphatic heterocycles. The van der Waals surface area contributed by atoms with E-state index in [9.17, 15) is 4.79 Å². The number of carbonyl (C=O) groups excluding carboxylic acids is 1. The predicted octanol–water partition coefficient (Wildman–Crippen LogP) is 3.65. The Balaban J connectivity index is 1.82. The molecule has 2 nitrogen and oxygen atoms in total. The first kappa shape index (κ1) is 12.5. The lowest BCUT2D eigenvalue weighted by molar-refractivity contribution is -0.139. The van der Waals surface area contributed by atoms with Crippen molar-refractivity contribution < 1.29 is 4.79 Å². The first-order chi connectivity index (χ1) is 8.36. The van der Waals surface area contributed by atoms with Crippen LogP contribution >= 0.6 is 0 Å². The summed E-state index contributed by atoms with van der Waals surface area (Å²) in [6.45, 7) is 6.99. The molecule has 4 rings (SSSR count). The SMILES string of the molecule is CCCC(=O)NC12CC3C[C@@](C)(C1)C[C@](C)(C3)C2. The van der Waals surface area contributed by atoms with Gasteiger partial charge in [0.05, 0.1) is 0 Å². The van der Waals surface area contributed by atoms with E-state index in [0.717, 1.165) is 12.3 Å². The fourth-order valence-electron chi connectivity index (χ4n) is 6.17. The smallest absolute Gasteiger partial charge is 0.220 e. The minimum atomic E-state index is 0.148. The van der Waals surface area contributed by atoms with Gasteiger partial charge in [0.15, 0.2) is 0 Å².